The van der Waals surface area contributed by atoms with Crippen LogP contribution in [0.3, 0.4) is 0 Å². The third kappa shape index (κ3) is 4.34. The molecule has 0 aromatic carbocycles. The molecule has 1 amide bonds. The normalized spacial score (nSPS) is 10.6. The van der Waals surface area contributed by atoms with Crippen LogP contribution >= 0.6 is 0 Å². The largest absolute Gasteiger partial charge is 0.370 e. The summed E-state index contributed by atoms with van der Waals surface area (Å²) >= 11 is 0. The first-order valence-electron chi connectivity index (χ1n) is 3.69. The van der Waals surface area contributed by atoms with E-state index in [0.717, 1.165) is 0 Å². The fourth-order valence-corrected chi connectivity index (χ4v) is 0.757. The van der Waals surface area contributed by atoms with Crippen molar-refractivity contribution in [3.05, 3.63) is 11.8 Å². The first kappa shape index (κ1) is 10.5. The van der Waals surface area contributed by atoms with Crippen LogP contribution in [0.2, 0.25) is 0 Å². The second-order valence-corrected chi connectivity index (χ2v) is 2.50. The van der Waals surface area contributed by atoms with Crippen LogP contribution in [-0.4, -0.2) is 24.4 Å². The highest BCUT2D eigenvalue weighted by molar-refractivity contribution is 5.76. The van der Waals surface area contributed by atoms with Gasteiger partial charge in [-0.3, -0.25) is 4.79 Å². The SMILES string of the molecule is CCC(C#N)=CN(C)CC(N)=O. The van der Waals surface area contributed by atoms with Crippen molar-refractivity contribution in [1.29, 1.82) is 5.26 Å². The van der Waals surface area contributed by atoms with E-state index >= 15 is 0 Å². The van der Waals surface area contributed by atoms with Gasteiger partial charge in [-0.25, -0.2) is 0 Å². The summed E-state index contributed by atoms with van der Waals surface area (Å²) in [5.41, 5.74) is 5.60. The molecule has 4 nitrogen and oxygen atoms in total. The van der Waals surface area contributed by atoms with Crippen LogP contribution in [-0.2, 0) is 4.79 Å². The first-order valence-corrected chi connectivity index (χ1v) is 3.69. The molecule has 0 aliphatic rings. The molecule has 0 atom stereocenters. The Morgan fingerprint density at radius 1 is 1.75 bits per heavy atom. The molecule has 0 heterocycles. The van der Waals surface area contributed by atoms with Crippen LogP contribution in [0.1, 0.15) is 13.3 Å². The molecule has 0 radical (unpaired) electrons. The Hall–Kier alpha value is -1.50. The van der Waals surface area contributed by atoms with Crippen molar-refractivity contribution in [3.8, 4) is 6.07 Å². The number of nitrogens with two attached hydrogens (primary N) is 1. The molecule has 0 fully saturated rings. The maximum atomic E-state index is 10.4. The summed E-state index contributed by atoms with van der Waals surface area (Å²) in [6.45, 7) is 2.03. The van der Waals surface area contributed by atoms with Crippen molar-refractivity contribution in [2.45, 2.75) is 13.3 Å². The van der Waals surface area contributed by atoms with Crippen LogP contribution in [0.25, 0.3) is 0 Å². The molecule has 2 N–H and O–H groups in total. The smallest absolute Gasteiger partial charge is 0.236 e. The molecule has 0 aliphatic carbocycles. The molecule has 0 saturated carbocycles. The van der Waals surface area contributed by atoms with E-state index in [1.807, 2.05) is 13.0 Å². The second kappa shape index (κ2) is 5.19. The first-order chi connectivity index (χ1) is 5.60. The van der Waals surface area contributed by atoms with Gasteiger partial charge in [0.1, 0.15) is 0 Å². The molecule has 0 aromatic heterocycles. The number of likely N-dealkylation sites (N-methyl/N-ethyl adjacent to an activating group) is 1. The summed E-state index contributed by atoms with van der Waals surface area (Å²) in [4.78, 5) is 12.0. The lowest BCUT2D eigenvalue weighted by atomic mass is 10.2. The standard InChI is InChI=1S/C8H13N3O/c1-3-7(4-9)5-11(2)6-8(10)12/h5H,3,6H2,1-2H3,(H2,10,12). The van der Waals surface area contributed by atoms with Gasteiger partial charge < -0.3 is 10.6 Å². The van der Waals surface area contributed by atoms with Crippen molar-refractivity contribution >= 4 is 5.91 Å². The topological polar surface area (TPSA) is 70.1 Å². The molecule has 0 spiro atoms. The maximum Gasteiger partial charge on any atom is 0.236 e. The van der Waals surface area contributed by atoms with E-state index in [1.54, 1.807) is 18.1 Å². The fourth-order valence-electron chi connectivity index (χ4n) is 0.757. The number of rotatable bonds is 4. The molecule has 4 heteroatoms. The third-order valence-corrected chi connectivity index (χ3v) is 1.31. The van der Waals surface area contributed by atoms with E-state index in [2.05, 4.69) is 0 Å². The zero-order chi connectivity index (χ0) is 9.56. The lowest BCUT2D eigenvalue weighted by Gasteiger charge is -2.11. The summed E-state index contributed by atoms with van der Waals surface area (Å²) < 4.78 is 0. The van der Waals surface area contributed by atoms with Gasteiger partial charge in [-0.2, -0.15) is 5.26 Å². The van der Waals surface area contributed by atoms with Crippen LogP contribution in [0.4, 0.5) is 0 Å². The Labute approximate surface area is 72.3 Å². The predicted octanol–water partition coefficient (Wildman–Crippen LogP) is 0.221. The Kier molecular flexibility index (Phi) is 4.54. The van der Waals surface area contributed by atoms with Gasteiger partial charge in [-0.05, 0) is 6.42 Å². The highest BCUT2D eigenvalue weighted by Gasteiger charge is 1.98. The van der Waals surface area contributed by atoms with Gasteiger partial charge in [0.25, 0.3) is 0 Å². The van der Waals surface area contributed by atoms with Gasteiger partial charge in [0.05, 0.1) is 12.6 Å². The van der Waals surface area contributed by atoms with Crippen LogP contribution < -0.4 is 5.73 Å². The number of nitrogens with zero attached hydrogens (tertiary/aromatic N) is 2. The van der Waals surface area contributed by atoms with E-state index in [1.165, 1.54) is 0 Å². The minimum atomic E-state index is -0.401. The van der Waals surface area contributed by atoms with Gasteiger partial charge in [0.2, 0.25) is 5.91 Å². The van der Waals surface area contributed by atoms with E-state index in [-0.39, 0.29) is 6.54 Å². The minimum absolute atomic E-state index is 0.144. The Morgan fingerprint density at radius 3 is 2.67 bits per heavy atom. The van der Waals surface area contributed by atoms with Gasteiger partial charge in [-0.1, -0.05) is 6.92 Å². The summed E-state index contributed by atoms with van der Waals surface area (Å²) in [5.74, 6) is -0.401. The molecule has 0 saturated heterocycles. The molecule has 0 bridgehead atoms. The van der Waals surface area contributed by atoms with Crippen molar-refractivity contribution < 1.29 is 4.79 Å². The molecule has 66 valence electrons. The predicted molar refractivity (Wildman–Crippen MR) is 45.8 cm³/mol. The highest BCUT2D eigenvalue weighted by Crippen LogP contribution is 1.99. The van der Waals surface area contributed by atoms with E-state index < -0.39 is 5.91 Å². The summed E-state index contributed by atoms with van der Waals surface area (Å²) in [6, 6.07) is 2.02. The Bertz CT molecular complexity index is 227. The van der Waals surface area contributed by atoms with Gasteiger partial charge in [-0.15, -0.1) is 0 Å². The number of nitriles is 1. The number of allylic oxidation sites excluding steroid dienone is 1. The zero-order valence-corrected chi connectivity index (χ0v) is 7.37. The lowest BCUT2D eigenvalue weighted by molar-refractivity contribution is -0.118. The lowest BCUT2D eigenvalue weighted by Crippen LogP contribution is -2.27. The average molecular weight is 167 g/mol. The fraction of sp³-hybridized carbons (Fsp3) is 0.500. The maximum absolute atomic E-state index is 10.4. The van der Waals surface area contributed by atoms with Gasteiger partial charge in [0, 0.05) is 18.8 Å². The number of carbonyl (C=O) groups excluding carboxylic acids is 1. The van der Waals surface area contributed by atoms with E-state index in [4.69, 9.17) is 11.0 Å². The average Bonchev–Trinajstić information content (AvgIpc) is 1.98. The summed E-state index contributed by atoms with van der Waals surface area (Å²) in [6.07, 6.45) is 2.30. The Morgan fingerprint density at radius 2 is 2.33 bits per heavy atom. The number of carbonyl (C=O) groups is 1. The van der Waals surface area contributed by atoms with Crippen LogP contribution in [0.15, 0.2) is 11.8 Å². The third-order valence-electron chi connectivity index (χ3n) is 1.31. The zero-order valence-electron chi connectivity index (χ0n) is 7.37. The number of hydrogen-bond donors (Lipinski definition) is 1. The van der Waals surface area contributed by atoms with Crippen LogP contribution in [0, 0.1) is 11.3 Å². The van der Waals surface area contributed by atoms with E-state index in [0.29, 0.717) is 12.0 Å². The van der Waals surface area contributed by atoms with Gasteiger partial charge in [0.15, 0.2) is 0 Å². The molecule has 12 heavy (non-hydrogen) atoms. The molecule has 0 aliphatic heterocycles. The number of primary amides is 1. The quantitative estimate of drug-likeness (QED) is 0.609. The van der Waals surface area contributed by atoms with Crippen molar-refractivity contribution in [2.75, 3.05) is 13.6 Å². The van der Waals surface area contributed by atoms with Crippen molar-refractivity contribution in [3.63, 3.8) is 0 Å². The number of amides is 1. The Balaban J connectivity index is 4.13. The minimum Gasteiger partial charge on any atom is -0.370 e. The molecular formula is C8H13N3O. The van der Waals surface area contributed by atoms with Crippen molar-refractivity contribution in [2.24, 2.45) is 5.73 Å². The van der Waals surface area contributed by atoms with Crippen LogP contribution in [0.5, 0.6) is 0 Å². The summed E-state index contributed by atoms with van der Waals surface area (Å²) in [5, 5.41) is 8.55. The highest BCUT2D eigenvalue weighted by atomic mass is 16.1. The molecule has 0 unspecified atom stereocenters. The summed E-state index contributed by atoms with van der Waals surface area (Å²) in [7, 11) is 1.71. The molecule has 0 aromatic rings. The van der Waals surface area contributed by atoms with Crippen molar-refractivity contribution in [1.82, 2.24) is 4.90 Å². The molecule has 0 rings (SSSR count). The monoisotopic (exact) mass is 167 g/mol. The molecular weight excluding hydrogens is 154 g/mol. The van der Waals surface area contributed by atoms with Gasteiger partial charge >= 0.3 is 0 Å². The second-order valence-electron chi connectivity index (χ2n) is 2.50. The van der Waals surface area contributed by atoms with E-state index in [9.17, 15) is 4.79 Å². The number of hydrogen-bond acceptors (Lipinski definition) is 3.